The third kappa shape index (κ3) is 2.20. The number of halogens is 2. The van der Waals surface area contributed by atoms with E-state index in [4.69, 9.17) is 16.3 Å². The fourth-order valence-corrected chi connectivity index (χ4v) is 1.90. The third-order valence-electron chi connectivity index (χ3n) is 2.59. The first-order chi connectivity index (χ1) is 7.70. The fourth-order valence-electron chi connectivity index (χ4n) is 1.72. The molecular formula is C12H12ClFO2. The first-order valence-electron chi connectivity index (χ1n) is 5.12. The van der Waals surface area contributed by atoms with E-state index in [-0.39, 0.29) is 10.6 Å². The van der Waals surface area contributed by atoms with Crippen LogP contribution >= 0.6 is 11.6 Å². The smallest absolute Gasteiger partial charge is 0.147 e. The van der Waals surface area contributed by atoms with Crippen LogP contribution in [0.5, 0.6) is 0 Å². The van der Waals surface area contributed by atoms with E-state index in [1.807, 2.05) is 0 Å². The molecular weight excluding hydrogens is 231 g/mol. The van der Waals surface area contributed by atoms with Gasteiger partial charge in [0.15, 0.2) is 0 Å². The summed E-state index contributed by atoms with van der Waals surface area (Å²) in [5.41, 5.74) is 0.886. The van der Waals surface area contributed by atoms with Crippen LogP contribution in [0.1, 0.15) is 24.5 Å². The molecule has 0 amide bonds. The van der Waals surface area contributed by atoms with E-state index >= 15 is 0 Å². The molecule has 0 saturated heterocycles. The van der Waals surface area contributed by atoms with E-state index < -0.39 is 11.9 Å². The predicted molar refractivity (Wildman–Crippen MR) is 59.6 cm³/mol. The zero-order chi connectivity index (χ0) is 11.5. The van der Waals surface area contributed by atoms with Gasteiger partial charge in [-0.2, -0.15) is 0 Å². The number of rotatable bonds is 2. The Bertz CT molecular complexity index is 417. The van der Waals surface area contributed by atoms with Crippen molar-refractivity contribution in [2.45, 2.75) is 18.9 Å². The van der Waals surface area contributed by atoms with Crippen LogP contribution in [-0.4, -0.2) is 11.7 Å². The number of benzene rings is 1. The number of ether oxygens (including phenoxy) is 1. The van der Waals surface area contributed by atoms with Crippen LogP contribution in [0.2, 0.25) is 5.02 Å². The van der Waals surface area contributed by atoms with Crippen molar-refractivity contribution in [2.24, 2.45) is 0 Å². The van der Waals surface area contributed by atoms with E-state index in [9.17, 15) is 9.50 Å². The van der Waals surface area contributed by atoms with Crippen molar-refractivity contribution in [2.75, 3.05) is 6.61 Å². The van der Waals surface area contributed by atoms with Crippen molar-refractivity contribution in [3.63, 3.8) is 0 Å². The zero-order valence-corrected chi connectivity index (χ0v) is 9.38. The molecule has 0 fully saturated rings. The summed E-state index contributed by atoms with van der Waals surface area (Å²) >= 11 is 5.66. The highest BCUT2D eigenvalue weighted by Gasteiger charge is 2.20. The lowest BCUT2D eigenvalue weighted by Gasteiger charge is -2.19. The molecule has 0 aliphatic carbocycles. The van der Waals surface area contributed by atoms with Gasteiger partial charge in [0.1, 0.15) is 11.9 Å². The highest BCUT2D eigenvalue weighted by molar-refractivity contribution is 6.30. The molecule has 1 aromatic carbocycles. The lowest BCUT2D eigenvalue weighted by molar-refractivity contribution is 0.167. The fraction of sp³-hybridized carbons (Fsp3) is 0.333. The van der Waals surface area contributed by atoms with E-state index in [1.54, 1.807) is 6.07 Å². The van der Waals surface area contributed by atoms with Crippen LogP contribution in [0.3, 0.4) is 0 Å². The molecule has 1 heterocycles. The minimum absolute atomic E-state index is 0.0221. The summed E-state index contributed by atoms with van der Waals surface area (Å²) in [6.45, 7) is 0.647. The molecule has 0 saturated carbocycles. The van der Waals surface area contributed by atoms with Gasteiger partial charge in [0.05, 0.1) is 17.9 Å². The van der Waals surface area contributed by atoms with Gasteiger partial charge >= 0.3 is 0 Å². The molecule has 1 aliphatic rings. The summed E-state index contributed by atoms with van der Waals surface area (Å²) in [6.07, 6.45) is 2.09. The normalized spacial score (nSPS) is 17.6. The minimum Gasteiger partial charge on any atom is -0.501 e. The molecule has 2 rings (SSSR count). The number of aliphatic hydroxyl groups excluding tert-OH is 1. The zero-order valence-electron chi connectivity index (χ0n) is 8.62. The van der Waals surface area contributed by atoms with Crippen molar-refractivity contribution in [1.82, 2.24) is 0 Å². The van der Waals surface area contributed by atoms with Crippen LogP contribution in [-0.2, 0) is 4.74 Å². The summed E-state index contributed by atoms with van der Waals surface area (Å²) in [7, 11) is 0. The molecule has 1 aromatic rings. The summed E-state index contributed by atoms with van der Waals surface area (Å²) in [4.78, 5) is 0. The van der Waals surface area contributed by atoms with E-state index in [0.717, 1.165) is 6.42 Å². The molecule has 1 N–H and O–H groups in total. The Kier molecular flexibility index (Phi) is 3.46. The van der Waals surface area contributed by atoms with E-state index in [2.05, 4.69) is 0 Å². The molecule has 0 radical (unpaired) electrons. The summed E-state index contributed by atoms with van der Waals surface area (Å²) < 4.78 is 18.8. The lowest BCUT2D eigenvalue weighted by atomic mass is 9.98. The maximum absolute atomic E-state index is 13.6. The minimum atomic E-state index is -0.973. The second kappa shape index (κ2) is 4.85. The predicted octanol–water partition coefficient (Wildman–Crippen LogP) is 3.21. The molecule has 2 nitrogen and oxygen atoms in total. The summed E-state index contributed by atoms with van der Waals surface area (Å²) in [5, 5.41) is 10.0. The highest BCUT2D eigenvalue weighted by atomic mass is 35.5. The first-order valence-corrected chi connectivity index (χ1v) is 5.50. The number of aliphatic hydroxyl groups is 1. The van der Waals surface area contributed by atoms with Gasteiger partial charge in [-0.3, -0.25) is 0 Å². The molecule has 0 spiro atoms. The van der Waals surface area contributed by atoms with Gasteiger partial charge < -0.3 is 9.84 Å². The van der Waals surface area contributed by atoms with Crippen LogP contribution in [0.25, 0.3) is 0 Å². The summed E-state index contributed by atoms with van der Waals surface area (Å²) in [5.74, 6) is -0.567. The van der Waals surface area contributed by atoms with Gasteiger partial charge in [-0.15, -0.1) is 0 Å². The van der Waals surface area contributed by atoms with E-state index in [1.165, 1.54) is 18.4 Å². The number of hydrogen-bond acceptors (Lipinski definition) is 2. The Morgan fingerprint density at radius 2 is 2.25 bits per heavy atom. The van der Waals surface area contributed by atoms with Crippen LogP contribution in [0.15, 0.2) is 30.0 Å². The van der Waals surface area contributed by atoms with Gasteiger partial charge in [-0.25, -0.2) is 4.39 Å². The maximum Gasteiger partial charge on any atom is 0.147 e. The third-order valence-corrected chi connectivity index (χ3v) is 2.88. The van der Waals surface area contributed by atoms with Crippen LogP contribution < -0.4 is 0 Å². The Hall–Kier alpha value is -1.06. The Balaban J connectivity index is 2.29. The molecule has 0 bridgehead atoms. The monoisotopic (exact) mass is 242 g/mol. The average molecular weight is 243 g/mol. The molecule has 1 unspecified atom stereocenters. The maximum atomic E-state index is 13.6. The number of hydrogen-bond donors (Lipinski definition) is 1. The Morgan fingerprint density at radius 3 is 2.94 bits per heavy atom. The highest BCUT2D eigenvalue weighted by Crippen LogP contribution is 2.31. The summed E-state index contributed by atoms with van der Waals surface area (Å²) in [6, 6.07) is 4.61. The van der Waals surface area contributed by atoms with Gasteiger partial charge in [-0.1, -0.05) is 23.7 Å². The molecule has 0 aromatic heterocycles. The van der Waals surface area contributed by atoms with Crippen LogP contribution in [0, 0.1) is 5.82 Å². The van der Waals surface area contributed by atoms with Crippen molar-refractivity contribution >= 4 is 11.6 Å². The quantitative estimate of drug-likeness (QED) is 0.863. The Morgan fingerprint density at radius 1 is 1.44 bits per heavy atom. The first kappa shape index (κ1) is 11.4. The van der Waals surface area contributed by atoms with Gasteiger partial charge in [0.2, 0.25) is 0 Å². The van der Waals surface area contributed by atoms with Crippen LogP contribution in [0.4, 0.5) is 4.39 Å². The standard InChI is InChI=1S/C12H12ClFO2/c13-10-5-1-4-9(11(10)14)12(15)8-3-2-6-16-7-8/h1,4-5,7,12,15H,2-3,6H2. The SMILES string of the molecule is OC(C1=COCCC1)c1cccc(Cl)c1F. The van der Waals surface area contributed by atoms with Gasteiger partial charge in [0.25, 0.3) is 0 Å². The van der Waals surface area contributed by atoms with Crippen molar-refractivity contribution in [3.05, 3.63) is 46.4 Å². The van der Waals surface area contributed by atoms with Crippen molar-refractivity contribution < 1.29 is 14.2 Å². The molecule has 1 aliphatic heterocycles. The van der Waals surface area contributed by atoms with Crippen molar-refractivity contribution in [3.8, 4) is 0 Å². The lowest BCUT2D eigenvalue weighted by Crippen LogP contribution is -2.09. The molecule has 1 atom stereocenters. The second-order valence-corrected chi connectivity index (χ2v) is 4.12. The molecule has 86 valence electrons. The Labute approximate surface area is 98.3 Å². The largest absolute Gasteiger partial charge is 0.501 e. The van der Waals surface area contributed by atoms with Crippen molar-refractivity contribution in [1.29, 1.82) is 0 Å². The average Bonchev–Trinajstić information content (AvgIpc) is 2.33. The topological polar surface area (TPSA) is 29.5 Å². The van der Waals surface area contributed by atoms with Gasteiger partial charge in [0, 0.05) is 5.56 Å². The van der Waals surface area contributed by atoms with E-state index in [0.29, 0.717) is 18.6 Å². The van der Waals surface area contributed by atoms with Gasteiger partial charge in [-0.05, 0) is 24.5 Å². The molecule has 4 heteroatoms. The second-order valence-electron chi connectivity index (χ2n) is 3.71. The molecule has 16 heavy (non-hydrogen) atoms.